The van der Waals surface area contributed by atoms with Crippen molar-refractivity contribution in [1.82, 2.24) is 14.5 Å². The van der Waals surface area contributed by atoms with Crippen LogP contribution in [0.15, 0.2) is 29.2 Å². The Morgan fingerprint density at radius 3 is 2.19 bits per heavy atom. The van der Waals surface area contributed by atoms with Crippen LogP contribution in [0.5, 0.6) is 0 Å². The van der Waals surface area contributed by atoms with Gasteiger partial charge in [-0.25, -0.2) is 13.2 Å². The van der Waals surface area contributed by atoms with E-state index in [1.54, 1.807) is 12.1 Å². The van der Waals surface area contributed by atoms with Gasteiger partial charge in [-0.3, -0.25) is 9.69 Å². The van der Waals surface area contributed by atoms with E-state index < -0.39 is 27.3 Å². The Morgan fingerprint density at radius 1 is 1.06 bits per heavy atom. The summed E-state index contributed by atoms with van der Waals surface area (Å²) in [5, 5.41) is 13.0. The first kappa shape index (κ1) is 25.8. The second-order valence-corrected chi connectivity index (χ2v) is 13.8. The van der Waals surface area contributed by atoms with E-state index >= 15 is 0 Å². The van der Waals surface area contributed by atoms with E-state index in [1.807, 2.05) is 18.7 Å². The fourth-order valence-electron chi connectivity index (χ4n) is 7.21. The lowest BCUT2D eigenvalue weighted by atomic mass is 9.52. The molecule has 2 unspecified atom stereocenters. The Bertz CT molecular complexity index is 1120. The van der Waals surface area contributed by atoms with E-state index in [-0.39, 0.29) is 28.7 Å². The Kier molecular flexibility index (Phi) is 6.54. The van der Waals surface area contributed by atoms with E-state index in [4.69, 9.17) is 16.3 Å². The van der Waals surface area contributed by atoms with Gasteiger partial charge in [0.05, 0.1) is 10.4 Å². The number of carbonyl (C=O) groups is 2. The lowest BCUT2D eigenvalue weighted by Crippen LogP contribution is -2.66. The number of halogens is 1. The van der Waals surface area contributed by atoms with Crippen LogP contribution in [-0.2, 0) is 19.6 Å². The number of hydrogen-bond donors (Lipinski definition) is 2. The van der Waals surface area contributed by atoms with Crippen molar-refractivity contribution in [2.24, 2.45) is 17.8 Å². The van der Waals surface area contributed by atoms with E-state index in [9.17, 15) is 23.1 Å². The van der Waals surface area contributed by atoms with Gasteiger partial charge in [0.1, 0.15) is 5.60 Å². The van der Waals surface area contributed by atoms with Crippen molar-refractivity contribution in [3.05, 3.63) is 29.3 Å². The predicted molar refractivity (Wildman–Crippen MR) is 133 cm³/mol. The number of carboxylic acid groups (broad SMARTS) is 1. The molecule has 0 spiro atoms. The van der Waals surface area contributed by atoms with Gasteiger partial charge >= 0.3 is 6.16 Å². The molecule has 11 heteroatoms. The van der Waals surface area contributed by atoms with E-state index in [0.717, 1.165) is 19.3 Å². The SMILES string of the molecule is CC(C)(C(=O)NC1C2CC3CC1CC(OC(=O)O)(C3)C2)N1CCN(S(=O)(=O)c2ccc(Cl)cc2)CC1. The van der Waals surface area contributed by atoms with Crippen LogP contribution >= 0.6 is 11.6 Å². The second kappa shape index (κ2) is 9.15. The van der Waals surface area contributed by atoms with Gasteiger partial charge < -0.3 is 15.2 Å². The van der Waals surface area contributed by atoms with Crippen LogP contribution < -0.4 is 5.32 Å². The molecule has 2 atom stereocenters. The van der Waals surface area contributed by atoms with E-state index in [1.165, 1.54) is 16.4 Å². The topological polar surface area (TPSA) is 116 Å². The Labute approximate surface area is 217 Å². The van der Waals surface area contributed by atoms with Crippen LogP contribution in [0, 0.1) is 17.8 Å². The van der Waals surface area contributed by atoms with Crippen molar-refractivity contribution < 1.29 is 27.9 Å². The van der Waals surface area contributed by atoms with Crippen LogP contribution in [0.4, 0.5) is 4.79 Å². The number of nitrogens with one attached hydrogen (secondary N) is 1. The molecule has 36 heavy (non-hydrogen) atoms. The molecule has 1 aromatic rings. The molecule has 1 saturated heterocycles. The lowest BCUT2D eigenvalue weighted by molar-refractivity contribution is -0.157. The van der Waals surface area contributed by atoms with Crippen molar-refractivity contribution in [3.8, 4) is 0 Å². The summed E-state index contributed by atoms with van der Waals surface area (Å²) in [6, 6.07) is 6.18. The van der Waals surface area contributed by atoms with Gasteiger partial charge in [0.15, 0.2) is 0 Å². The fourth-order valence-corrected chi connectivity index (χ4v) is 8.76. The highest BCUT2D eigenvalue weighted by molar-refractivity contribution is 7.89. The molecular weight excluding hydrogens is 506 g/mol. The summed E-state index contributed by atoms with van der Waals surface area (Å²) >= 11 is 5.90. The van der Waals surface area contributed by atoms with Gasteiger partial charge in [-0.2, -0.15) is 4.31 Å². The Morgan fingerprint density at radius 2 is 1.64 bits per heavy atom. The number of hydrogen-bond acceptors (Lipinski definition) is 6. The van der Waals surface area contributed by atoms with Gasteiger partial charge in [-0.15, -0.1) is 0 Å². The molecule has 1 aliphatic heterocycles. The summed E-state index contributed by atoms with van der Waals surface area (Å²) in [5.74, 6) is 0.828. The molecule has 198 valence electrons. The van der Waals surface area contributed by atoms with Crippen LogP contribution in [0.25, 0.3) is 0 Å². The van der Waals surface area contributed by atoms with Crippen molar-refractivity contribution in [1.29, 1.82) is 0 Å². The Hall–Kier alpha value is -1.88. The largest absolute Gasteiger partial charge is 0.506 e. The number of sulfonamides is 1. The number of carbonyl (C=O) groups excluding carboxylic acids is 1. The molecule has 0 radical (unpaired) electrons. The van der Waals surface area contributed by atoms with Crippen LogP contribution in [0.3, 0.4) is 0 Å². The number of ether oxygens (including phenoxy) is 1. The van der Waals surface area contributed by atoms with Gasteiger partial charge in [0, 0.05) is 37.2 Å². The maximum Gasteiger partial charge on any atom is 0.506 e. The minimum atomic E-state index is -3.62. The van der Waals surface area contributed by atoms with Crippen molar-refractivity contribution in [2.75, 3.05) is 26.2 Å². The number of nitrogens with zero attached hydrogens (tertiary/aromatic N) is 2. The predicted octanol–water partition coefficient (Wildman–Crippen LogP) is 3.18. The molecule has 4 saturated carbocycles. The highest BCUT2D eigenvalue weighted by atomic mass is 35.5. The first-order valence-corrected chi connectivity index (χ1v) is 14.5. The van der Waals surface area contributed by atoms with E-state index in [0.29, 0.717) is 50.0 Å². The first-order chi connectivity index (χ1) is 16.9. The van der Waals surface area contributed by atoms with Gasteiger partial charge in [0.2, 0.25) is 15.9 Å². The van der Waals surface area contributed by atoms with Crippen LogP contribution in [0.2, 0.25) is 5.02 Å². The zero-order valence-electron chi connectivity index (χ0n) is 20.7. The molecule has 6 rings (SSSR count). The molecule has 1 heterocycles. The zero-order chi connectivity index (χ0) is 25.9. The maximum atomic E-state index is 13.5. The summed E-state index contributed by atoms with van der Waals surface area (Å²) in [5.41, 5.74) is -1.40. The average Bonchev–Trinajstić information content (AvgIpc) is 2.80. The average molecular weight is 540 g/mol. The third-order valence-corrected chi connectivity index (χ3v) is 11.0. The highest BCUT2D eigenvalue weighted by Gasteiger charge is 2.58. The minimum absolute atomic E-state index is 0.0189. The minimum Gasteiger partial charge on any atom is -0.450 e. The first-order valence-electron chi connectivity index (χ1n) is 12.6. The summed E-state index contributed by atoms with van der Waals surface area (Å²) in [7, 11) is -3.62. The molecule has 1 aromatic carbocycles. The standard InChI is InChI=1S/C25H34ClN3O6S/c1-24(2,28-7-9-29(10-8-28)36(33,34)20-5-3-19(26)4-6-20)22(30)27-21-17-11-16-12-18(21)15-25(13-16,14-17)35-23(31)32/h3-6,16-18,21H,7-15H2,1-2H3,(H,27,30)(H,31,32). The van der Waals surface area contributed by atoms with Crippen molar-refractivity contribution in [3.63, 3.8) is 0 Å². The van der Waals surface area contributed by atoms with Gasteiger partial charge in [-0.1, -0.05) is 11.6 Å². The summed E-state index contributed by atoms with van der Waals surface area (Å²) in [6.45, 7) is 5.26. The van der Waals surface area contributed by atoms with E-state index in [2.05, 4.69) is 5.32 Å². The molecule has 0 aromatic heterocycles. The summed E-state index contributed by atoms with van der Waals surface area (Å²) < 4.78 is 32.9. The van der Waals surface area contributed by atoms with Crippen LogP contribution in [0.1, 0.15) is 46.0 Å². The molecule has 5 aliphatic rings. The molecule has 9 nitrogen and oxygen atoms in total. The monoisotopic (exact) mass is 539 g/mol. The lowest BCUT2D eigenvalue weighted by Gasteiger charge is -2.59. The number of rotatable bonds is 6. The van der Waals surface area contributed by atoms with Crippen molar-refractivity contribution >= 4 is 33.7 Å². The summed E-state index contributed by atoms with van der Waals surface area (Å²) in [4.78, 5) is 27.1. The third-order valence-electron chi connectivity index (χ3n) is 8.85. The van der Waals surface area contributed by atoms with Gasteiger partial charge in [0.25, 0.3) is 0 Å². The fraction of sp³-hybridized carbons (Fsp3) is 0.680. The molecule has 1 amide bonds. The smallest absolute Gasteiger partial charge is 0.450 e. The molecular formula is C25H34ClN3O6S. The second-order valence-electron chi connectivity index (χ2n) is 11.4. The number of amides is 1. The number of piperazine rings is 1. The quantitative estimate of drug-likeness (QED) is 0.533. The van der Waals surface area contributed by atoms with Crippen molar-refractivity contribution in [2.45, 2.75) is 68.0 Å². The Balaban J connectivity index is 1.21. The third kappa shape index (κ3) is 4.61. The molecule has 5 fully saturated rings. The normalized spacial score (nSPS) is 32.9. The summed E-state index contributed by atoms with van der Waals surface area (Å²) in [6.07, 6.45) is 2.90. The molecule has 4 bridgehead atoms. The number of benzene rings is 1. The van der Waals surface area contributed by atoms with Gasteiger partial charge in [-0.05, 0) is 88.0 Å². The highest BCUT2D eigenvalue weighted by Crippen LogP contribution is 2.57. The van der Waals surface area contributed by atoms with Crippen LogP contribution in [-0.4, -0.2) is 78.2 Å². The molecule has 2 N–H and O–H groups in total. The molecule has 4 aliphatic carbocycles. The maximum absolute atomic E-state index is 13.5. The zero-order valence-corrected chi connectivity index (χ0v) is 22.2.